The smallest absolute Gasteiger partial charge is 0.220 e. The van der Waals surface area contributed by atoms with Crippen LogP contribution >= 0.6 is 0 Å². The van der Waals surface area contributed by atoms with Crippen LogP contribution < -0.4 is 0 Å². The molecule has 6 aromatic carbocycles. The number of imidazole rings is 1. The van der Waals surface area contributed by atoms with Crippen molar-refractivity contribution in [1.82, 2.24) is 28.7 Å². The van der Waals surface area contributed by atoms with Crippen LogP contribution in [-0.2, 0) is 0 Å². The van der Waals surface area contributed by atoms with Crippen LogP contribution in [0.1, 0.15) is 0 Å². The average molecular weight is 653 g/mol. The predicted molar refractivity (Wildman–Crippen MR) is 208 cm³/mol. The van der Waals surface area contributed by atoms with Gasteiger partial charge in [0.15, 0.2) is 0 Å². The Bertz CT molecular complexity index is 3130. The fraction of sp³-hybridized carbons (Fsp3) is 0. The molecule has 0 saturated carbocycles. The molecular formula is C45H28N6. The molecule has 51 heavy (non-hydrogen) atoms. The molecule has 0 aliphatic rings. The predicted octanol–water partition coefficient (Wildman–Crippen LogP) is 10.8. The van der Waals surface area contributed by atoms with E-state index < -0.39 is 0 Å². The van der Waals surface area contributed by atoms with Gasteiger partial charge in [0.2, 0.25) is 5.95 Å². The van der Waals surface area contributed by atoms with Gasteiger partial charge in [0.25, 0.3) is 0 Å². The van der Waals surface area contributed by atoms with Crippen LogP contribution in [0.25, 0.3) is 94.0 Å². The number of hydrogen-bond acceptors (Lipinski definition) is 3. The van der Waals surface area contributed by atoms with E-state index in [9.17, 15) is 0 Å². The van der Waals surface area contributed by atoms with Gasteiger partial charge >= 0.3 is 0 Å². The van der Waals surface area contributed by atoms with Crippen LogP contribution in [0, 0.1) is 0 Å². The largest absolute Gasteiger partial charge is 0.309 e. The van der Waals surface area contributed by atoms with Gasteiger partial charge in [-0.1, -0.05) is 78.9 Å². The monoisotopic (exact) mass is 652 g/mol. The fourth-order valence-electron chi connectivity index (χ4n) is 7.92. The van der Waals surface area contributed by atoms with E-state index in [2.05, 4.69) is 158 Å². The second-order valence-electron chi connectivity index (χ2n) is 13.0. The Labute approximate surface area is 292 Å². The second kappa shape index (κ2) is 10.7. The third kappa shape index (κ3) is 4.07. The van der Waals surface area contributed by atoms with Gasteiger partial charge in [0, 0.05) is 50.7 Å². The van der Waals surface area contributed by atoms with Crippen molar-refractivity contribution < 1.29 is 0 Å². The molecule has 11 aromatic rings. The number of benzene rings is 6. The van der Waals surface area contributed by atoms with E-state index in [0.29, 0.717) is 0 Å². The Morgan fingerprint density at radius 1 is 0.392 bits per heavy atom. The van der Waals surface area contributed by atoms with E-state index in [-0.39, 0.29) is 0 Å². The van der Waals surface area contributed by atoms with Crippen molar-refractivity contribution in [3.63, 3.8) is 0 Å². The fourth-order valence-corrected chi connectivity index (χ4v) is 7.92. The summed E-state index contributed by atoms with van der Waals surface area (Å²) < 4.78 is 6.87. The van der Waals surface area contributed by atoms with Gasteiger partial charge in [0.05, 0.1) is 44.8 Å². The van der Waals surface area contributed by atoms with Gasteiger partial charge in [-0.25, -0.2) is 4.98 Å². The SMILES string of the molecule is c1ccc(-n2c(-n3c4ccc(-c5ccc6c(c5)c5cnc7ccccc7c5n6-c5ccccc5)cc4c4ccncc43)nc3ccccc32)cc1. The number of pyridine rings is 2. The number of nitrogens with zero attached hydrogens (tertiary/aromatic N) is 6. The number of fused-ring (bicyclic) bond motifs is 9. The highest BCUT2D eigenvalue weighted by Crippen LogP contribution is 2.40. The van der Waals surface area contributed by atoms with Crippen LogP contribution in [0.3, 0.4) is 0 Å². The summed E-state index contributed by atoms with van der Waals surface area (Å²) >= 11 is 0. The van der Waals surface area contributed by atoms with Crippen LogP contribution in [0.4, 0.5) is 0 Å². The summed E-state index contributed by atoms with van der Waals surface area (Å²) in [5.74, 6) is 0.831. The standard InChI is InChI=1S/C45H28N6/c1-3-11-31(12-4-1)49-40-21-19-30(26-36(40)37-27-47-38-16-8-7-15-34(38)44(37)49)29-20-22-41-35(25-29)33-23-24-46-28-43(33)51(41)45-48-39-17-9-10-18-42(39)50(45)32-13-5-2-6-14-32/h1-28H. The quantitative estimate of drug-likeness (QED) is 0.190. The molecule has 0 atom stereocenters. The molecule has 0 unspecified atom stereocenters. The zero-order valence-corrected chi connectivity index (χ0v) is 27.3. The van der Waals surface area contributed by atoms with E-state index in [1.54, 1.807) is 0 Å². The lowest BCUT2D eigenvalue weighted by Gasteiger charge is -2.12. The Hall–Kier alpha value is -7.05. The van der Waals surface area contributed by atoms with E-state index in [1.807, 2.05) is 30.7 Å². The summed E-state index contributed by atoms with van der Waals surface area (Å²) in [5.41, 5.74) is 11.9. The first-order valence-corrected chi connectivity index (χ1v) is 17.1. The van der Waals surface area contributed by atoms with Gasteiger partial charge in [-0.15, -0.1) is 0 Å². The highest BCUT2D eigenvalue weighted by molar-refractivity contribution is 6.18. The summed E-state index contributed by atoms with van der Waals surface area (Å²) in [6, 6.07) is 53.5. The zero-order chi connectivity index (χ0) is 33.5. The topological polar surface area (TPSA) is 53.5 Å². The van der Waals surface area contributed by atoms with Crippen molar-refractivity contribution >= 4 is 65.5 Å². The van der Waals surface area contributed by atoms with Gasteiger partial charge in [-0.3, -0.25) is 19.1 Å². The minimum Gasteiger partial charge on any atom is -0.309 e. The van der Waals surface area contributed by atoms with Crippen molar-refractivity contribution in [2.75, 3.05) is 0 Å². The summed E-state index contributed by atoms with van der Waals surface area (Å²) in [6.07, 6.45) is 5.86. The van der Waals surface area contributed by atoms with Crippen molar-refractivity contribution in [1.29, 1.82) is 0 Å². The van der Waals surface area contributed by atoms with Crippen molar-refractivity contribution in [2.45, 2.75) is 0 Å². The highest BCUT2D eigenvalue weighted by Gasteiger charge is 2.21. The molecule has 5 aromatic heterocycles. The highest BCUT2D eigenvalue weighted by atomic mass is 15.2. The van der Waals surface area contributed by atoms with E-state index in [1.165, 1.54) is 10.9 Å². The lowest BCUT2D eigenvalue weighted by molar-refractivity contribution is 0.954. The normalized spacial score (nSPS) is 11.9. The second-order valence-corrected chi connectivity index (χ2v) is 13.0. The molecule has 0 N–H and O–H groups in total. The molecule has 0 bridgehead atoms. The maximum absolute atomic E-state index is 5.21. The molecular weight excluding hydrogens is 625 g/mol. The number of para-hydroxylation sites is 5. The summed E-state index contributed by atoms with van der Waals surface area (Å²) in [4.78, 5) is 14.7. The minimum absolute atomic E-state index is 0.831. The maximum atomic E-state index is 5.21. The molecule has 0 saturated heterocycles. The molecule has 238 valence electrons. The Morgan fingerprint density at radius 3 is 1.78 bits per heavy atom. The summed E-state index contributed by atoms with van der Waals surface area (Å²) in [5, 5.41) is 5.73. The van der Waals surface area contributed by atoms with Gasteiger partial charge in [-0.2, -0.15) is 0 Å². The first kappa shape index (κ1) is 27.9. The molecule has 0 fully saturated rings. The molecule has 0 amide bonds. The maximum Gasteiger partial charge on any atom is 0.220 e. The molecule has 0 aliphatic carbocycles. The third-order valence-corrected chi connectivity index (χ3v) is 10.2. The number of hydrogen-bond donors (Lipinski definition) is 0. The number of rotatable bonds is 4. The molecule has 5 heterocycles. The lowest BCUT2D eigenvalue weighted by atomic mass is 10.0. The number of aromatic nitrogens is 6. The Balaban J connectivity index is 1.15. The Kier molecular flexibility index (Phi) is 5.86. The summed E-state index contributed by atoms with van der Waals surface area (Å²) in [7, 11) is 0. The van der Waals surface area contributed by atoms with Gasteiger partial charge < -0.3 is 4.57 Å². The third-order valence-electron chi connectivity index (χ3n) is 10.2. The minimum atomic E-state index is 0.831. The van der Waals surface area contributed by atoms with Crippen molar-refractivity contribution in [2.24, 2.45) is 0 Å². The zero-order valence-electron chi connectivity index (χ0n) is 27.3. The van der Waals surface area contributed by atoms with Crippen molar-refractivity contribution in [3.05, 3.63) is 170 Å². The van der Waals surface area contributed by atoms with Gasteiger partial charge in [0.1, 0.15) is 0 Å². The molecule has 11 rings (SSSR count). The first-order valence-electron chi connectivity index (χ1n) is 17.1. The molecule has 0 spiro atoms. The van der Waals surface area contributed by atoms with E-state index in [0.717, 1.165) is 83.1 Å². The van der Waals surface area contributed by atoms with Crippen LogP contribution in [0.5, 0.6) is 0 Å². The van der Waals surface area contributed by atoms with Crippen LogP contribution in [0.2, 0.25) is 0 Å². The Morgan fingerprint density at radius 2 is 1.02 bits per heavy atom. The van der Waals surface area contributed by atoms with Crippen LogP contribution in [0.15, 0.2) is 170 Å². The average Bonchev–Trinajstić information content (AvgIpc) is 3.86. The van der Waals surface area contributed by atoms with E-state index >= 15 is 0 Å². The van der Waals surface area contributed by atoms with Crippen LogP contribution in [-0.4, -0.2) is 28.7 Å². The van der Waals surface area contributed by atoms with E-state index in [4.69, 9.17) is 9.97 Å². The van der Waals surface area contributed by atoms with Gasteiger partial charge in [-0.05, 0) is 83.9 Å². The summed E-state index contributed by atoms with van der Waals surface area (Å²) in [6.45, 7) is 0. The molecule has 0 aliphatic heterocycles. The lowest BCUT2D eigenvalue weighted by Crippen LogP contribution is -2.05. The molecule has 0 radical (unpaired) electrons. The molecule has 6 nitrogen and oxygen atoms in total. The molecule has 6 heteroatoms. The first-order chi connectivity index (χ1) is 25.3. The van der Waals surface area contributed by atoms with Crippen molar-refractivity contribution in [3.8, 4) is 28.5 Å².